The predicted octanol–water partition coefficient (Wildman–Crippen LogP) is 1.20. The first-order chi connectivity index (χ1) is 10.6. The lowest BCUT2D eigenvalue weighted by atomic mass is 9.90. The van der Waals surface area contributed by atoms with E-state index in [0.717, 1.165) is 70.4 Å². The Bertz CT molecular complexity index is 477. The Hall–Kier alpha value is -0.950. The average Bonchev–Trinajstić information content (AvgIpc) is 2.95. The third kappa shape index (κ3) is 3.68. The molecule has 0 spiro atoms. The van der Waals surface area contributed by atoms with Gasteiger partial charge in [0.15, 0.2) is 0 Å². The van der Waals surface area contributed by atoms with Crippen molar-refractivity contribution < 1.29 is 14.3 Å². The standard InChI is InChI=1S/C16H27N3O3/c1-13-11-17-15(22-13)14(2)19-5-3-16(20,4-6-19)12-18-7-9-21-10-8-18/h11,14,20H,3-10,12H2,1-2H3. The lowest BCUT2D eigenvalue weighted by molar-refractivity contribution is -0.0696. The number of aliphatic hydroxyl groups is 1. The Labute approximate surface area is 132 Å². The summed E-state index contributed by atoms with van der Waals surface area (Å²) in [6.07, 6.45) is 3.37. The number of hydrogen-bond acceptors (Lipinski definition) is 6. The van der Waals surface area contributed by atoms with Crippen LogP contribution < -0.4 is 0 Å². The van der Waals surface area contributed by atoms with Crippen LogP contribution in [0.3, 0.4) is 0 Å². The largest absolute Gasteiger partial charge is 0.444 e. The number of morpholine rings is 1. The number of aromatic nitrogens is 1. The molecule has 3 heterocycles. The lowest BCUT2D eigenvalue weighted by Gasteiger charge is -2.42. The molecule has 1 N–H and O–H groups in total. The van der Waals surface area contributed by atoms with Gasteiger partial charge in [0.2, 0.25) is 5.89 Å². The third-order valence-corrected chi connectivity index (χ3v) is 4.89. The molecule has 0 amide bonds. The fourth-order valence-corrected chi connectivity index (χ4v) is 3.38. The second-order valence-corrected chi connectivity index (χ2v) is 6.63. The molecule has 2 aliphatic heterocycles. The van der Waals surface area contributed by atoms with Crippen LogP contribution in [0.4, 0.5) is 0 Å². The molecule has 22 heavy (non-hydrogen) atoms. The molecule has 124 valence electrons. The van der Waals surface area contributed by atoms with E-state index in [1.165, 1.54) is 0 Å². The van der Waals surface area contributed by atoms with Crippen LogP contribution >= 0.6 is 0 Å². The molecule has 3 rings (SSSR count). The molecule has 2 saturated heterocycles. The molecule has 6 nitrogen and oxygen atoms in total. The summed E-state index contributed by atoms with van der Waals surface area (Å²) in [6, 6.07) is 0.168. The summed E-state index contributed by atoms with van der Waals surface area (Å²) in [6.45, 7) is 9.98. The van der Waals surface area contributed by atoms with E-state index in [9.17, 15) is 5.11 Å². The highest BCUT2D eigenvalue weighted by Gasteiger charge is 2.36. The number of hydrogen-bond donors (Lipinski definition) is 1. The minimum atomic E-state index is -0.569. The van der Waals surface area contributed by atoms with E-state index >= 15 is 0 Å². The van der Waals surface area contributed by atoms with Crippen molar-refractivity contribution >= 4 is 0 Å². The zero-order valence-corrected chi connectivity index (χ0v) is 13.6. The first-order valence-corrected chi connectivity index (χ1v) is 8.25. The van der Waals surface area contributed by atoms with Gasteiger partial charge in [-0.15, -0.1) is 0 Å². The smallest absolute Gasteiger partial charge is 0.211 e. The number of nitrogens with zero attached hydrogens (tertiary/aromatic N) is 3. The number of likely N-dealkylation sites (tertiary alicyclic amines) is 1. The minimum absolute atomic E-state index is 0.168. The number of aryl methyl sites for hydroxylation is 1. The summed E-state index contributed by atoms with van der Waals surface area (Å²) in [5.74, 6) is 1.62. The van der Waals surface area contributed by atoms with Crippen molar-refractivity contribution in [1.82, 2.24) is 14.8 Å². The number of oxazole rings is 1. The van der Waals surface area contributed by atoms with Gasteiger partial charge in [0.25, 0.3) is 0 Å². The highest BCUT2D eigenvalue weighted by Crippen LogP contribution is 2.29. The summed E-state index contributed by atoms with van der Waals surface area (Å²) in [7, 11) is 0. The number of rotatable bonds is 4. The maximum atomic E-state index is 10.8. The number of piperidine rings is 1. The zero-order valence-electron chi connectivity index (χ0n) is 13.6. The molecule has 0 bridgehead atoms. The molecule has 6 heteroatoms. The monoisotopic (exact) mass is 309 g/mol. The fraction of sp³-hybridized carbons (Fsp3) is 0.812. The summed E-state index contributed by atoms with van der Waals surface area (Å²) in [5, 5.41) is 10.8. The topological polar surface area (TPSA) is 62.0 Å². The first kappa shape index (κ1) is 15.9. The van der Waals surface area contributed by atoms with Crippen LogP contribution in [-0.4, -0.2) is 71.4 Å². The van der Waals surface area contributed by atoms with Crippen LogP contribution in [0.25, 0.3) is 0 Å². The Morgan fingerprint density at radius 2 is 1.95 bits per heavy atom. The van der Waals surface area contributed by atoms with E-state index in [1.54, 1.807) is 6.20 Å². The van der Waals surface area contributed by atoms with Crippen LogP contribution in [0.2, 0.25) is 0 Å². The molecule has 0 radical (unpaired) electrons. The second kappa shape index (κ2) is 6.66. The molecular weight excluding hydrogens is 282 g/mol. The van der Waals surface area contributed by atoms with Crippen molar-refractivity contribution in [1.29, 1.82) is 0 Å². The minimum Gasteiger partial charge on any atom is -0.444 e. The van der Waals surface area contributed by atoms with Crippen molar-refractivity contribution in [2.24, 2.45) is 0 Å². The maximum absolute atomic E-state index is 10.8. The second-order valence-electron chi connectivity index (χ2n) is 6.63. The summed E-state index contributed by atoms with van der Waals surface area (Å²) in [4.78, 5) is 8.99. The Morgan fingerprint density at radius 3 is 2.55 bits per heavy atom. The molecule has 0 aliphatic carbocycles. The lowest BCUT2D eigenvalue weighted by Crippen LogP contribution is -2.53. The SMILES string of the molecule is Cc1cnc(C(C)N2CCC(O)(CN3CCOCC3)CC2)o1. The van der Waals surface area contributed by atoms with E-state index in [0.29, 0.717) is 0 Å². The number of ether oxygens (including phenoxy) is 1. The van der Waals surface area contributed by atoms with E-state index in [-0.39, 0.29) is 6.04 Å². The van der Waals surface area contributed by atoms with Gasteiger partial charge in [0.1, 0.15) is 5.76 Å². The van der Waals surface area contributed by atoms with Crippen molar-refractivity contribution in [3.05, 3.63) is 17.8 Å². The molecule has 0 aromatic carbocycles. The molecule has 1 unspecified atom stereocenters. The average molecular weight is 309 g/mol. The molecule has 1 aromatic heterocycles. The molecule has 1 aromatic rings. The molecule has 2 aliphatic rings. The first-order valence-electron chi connectivity index (χ1n) is 8.25. The quantitative estimate of drug-likeness (QED) is 0.902. The van der Waals surface area contributed by atoms with Gasteiger partial charge in [-0.2, -0.15) is 0 Å². The Balaban J connectivity index is 1.52. The van der Waals surface area contributed by atoms with Crippen molar-refractivity contribution in [3.63, 3.8) is 0 Å². The normalized spacial score (nSPS) is 25.2. The highest BCUT2D eigenvalue weighted by molar-refractivity contribution is 4.98. The fourth-order valence-electron chi connectivity index (χ4n) is 3.38. The van der Waals surface area contributed by atoms with Gasteiger partial charge in [-0.3, -0.25) is 9.80 Å². The van der Waals surface area contributed by atoms with E-state index in [4.69, 9.17) is 9.15 Å². The molecule has 0 saturated carbocycles. The summed E-state index contributed by atoms with van der Waals surface area (Å²) in [5.41, 5.74) is -0.569. The van der Waals surface area contributed by atoms with Crippen LogP contribution in [-0.2, 0) is 4.74 Å². The predicted molar refractivity (Wildman–Crippen MR) is 82.7 cm³/mol. The Morgan fingerprint density at radius 1 is 1.27 bits per heavy atom. The van der Waals surface area contributed by atoms with Gasteiger partial charge in [0, 0.05) is 32.7 Å². The summed E-state index contributed by atoms with van der Waals surface area (Å²) >= 11 is 0. The van der Waals surface area contributed by atoms with Gasteiger partial charge in [-0.1, -0.05) is 0 Å². The third-order valence-electron chi connectivity index (χ3n) is 4.89. The van der Waals surface area contributed by atoms with Crippen LogP contribution in [0, 0.1) is 6.92 Å². The van der Waals surface area contributed by atoms with Gasteiger partial charge in [-0.25, -0.2) is 4.98 Å². The van der Waals surface area contributed by atoms with Crippen molar-refractivity contribution in [2.75, 3.05) is 45.9 Å². The van der Waals surface area contributed by atoms with Gasteiger partial charge in [-0.05, 0) is 26.7 Å². The highest BCUT2D eigenvalue weighted by atomic mass is 16.5. The Kier molecular flexibility index (Phi) is 4.82. The molecular formula is C16H27N3O3. The maximum Gasteiger partial charge on any atom is 0.211 e. The van der Waals surface area contributed by atoms with E-state index < -0.39 is 5.60 Å². The van der Waals surface area contributed by atoms with Gasteiger partial charge in [0.05, 0.1) is 31.1 Å². The summed E-state index contributed by atoms with van der Waals surface area (Å²) < 4.78 is 11.0. The van der Waals surface area contributed by atoms with Crippen LogP contribution in [0.1, 0.15) is 37.5 Å². The molecule has 2 fully saturated rings. The number of β-amino-alcohol motifs (C(OH)–C–C–N with tert-alkyl or cyclic N) is 1. The van der Waals surface area contributed by atoms with Crippen molar-refractivity contribution in [3.8, 4) is 0 Å². The van der Waals surface area contributed by atoms with Gasteiger partial charge < -0.3 is 14.3 Å². The van der Waals surface area contributed by atoms with Crippen LogP contribution in [0.5, 0.6) is 0 Å². The zero-order chi connectivity index (χ0) is 15.6. The van der Waals surface area contributed by atoms with Crippen LogP contribution in [0.15, 0.2) is 10.6 Å². The van der Waals surface area contributed by atoms with E-state index in [1.807, 2.05) is 6.92 Å². The van der Waals surface area contributed by atoms with Gasteiger partial charge >= 0.3 is 0 Å². The van der Waals surface area contributed by atoms with E-state index in [2.05, 4.69) is 21.7 Å². The molecule has 1 atom stereocenters. The van der Waals surface area contributed by atoms with Crippen molar-refractivity contribution in [2.45, 2.75) is 38.3 Å².